The molecule has 0 spiro atoms. The molecular weight excluding hydrogens is 236 g/mol. The smallest absolute Gasteiger partial charge is 0.115 e. The molecule has 0 unspecified atom stereocenters. The SMILES string of the molecule is CC[C@@]12C[C@](C)(O)CC[C@H]1CCc1cc(O)ccc12. The number of phenols is 1. The number of aromatic hydroxyl groups is 1. The summed E-state index contributed by atoms with van der Waals surface area (Å²) in [6, 6.07) is 5.83. The van der Waals surface area contributed by atoms with Gasteiger partial charge in [0.2, 0.25) is 0 Å². The molecule has 3 rings (SSSR count). The van der Waals surface area contributed by atoms with Crippen molar-refractivity contribution in [1.29, 1.82) is 0 Å². The van der Waals surface area contributed by atoms with E-state index in [4.69, 9.17) is 0 Å². The Morgan fingerprint density at radius 3 is 2.84 bits per heavy atom. The summed E-state index contributed by atoms with van der Waals surface area (Å²) in [6.07, 6.45) is 6.25. The third-order valence-corrected chi connectivity index (χ3v) is 5.53. The molecule has 2 aliphatic rings. The average molecular weight is 260 g/mol. The van der Waals surface area contributed by atoms with Crippen molar-refractivity contribution in [2.75, 3.05) is 0 Å². The van der Waals surface area contributed by atoms with Crippen LogP contribution in [0.25, 0.3) is 0 Å². The molecule has 2 nitrogen and oxygen atoms in total. The number of hydrogen-bond acceptors (Lipinski definition) is 2. The largest absolute Gasteiger partial charge is 0.508 e. The zero-order valence-electron chi connectivity index (χ0n) is 11.9. The lowest BCUT2D eigenvalue weighted by atomic mass is 9.53. The molecule has 104 valence electrons. The minimum Gasteiger partial charge on any atom is -0.508 e. The number of fused-ring (bicyclic) bond motifs is 3. The van der Waals surface area contributed by atoms with Gasteiger partial charge in [-0.1, -0.05) is 13.0 Å². The predicted molar refractivity (Wildman–Crippen MR) is 76.4 cm³/mol. The fourth-order valence-corrected chi connectivity index (χ4v) is 4.62. The molecule has 0 heterocycles. The standard InChI is InChI=1S/C17H24O2/c1-3-17-11-16(2,19)9-8-13(17)5-4-12-10-14(18)6-7-15(12)17/h6-7,10,13,18-19H,3-5,8-9,11H2,1-2H3/t13-,16-,17-/m1/s1. The van der Waals surface area contributed by atoms with Crippen molar-refractivity contribution in [2.24, 2.45) is 5.92 Å². The maximum atomic E-state index is 10.5. The molecule has 19 heavy (non-hydrogen) atoms. The molecule has 0 amide bonds. The molecule has 0 aromatic heterocycles. The van der Waals surface area contributed by atoms with Gasteiger partial charge in [0.1, 0.15) is 5.75 Å². The first-order chi connectivity index (χ1) is 8.97. The summed E-state index contributed by atoms with van der Waals surface area (Å²) in [5.74, 6) is 1.06. The molecule has 0 radical (unpaired) electrons. The van der Waals surface area contributed by atoms with Crippen molar-refractivity contribution in [3.05, 3.63) is 29.3 Å². The Bertz CT molecular complexity index is 492. The molecule has 1 aromatic carbocycles. The highest BCUT2D eigenvalue weighted by Crippen LogP contribution is 2.54. The van der Waals surface area contributed by atoms with Gasteiger partial charge >= 0.3 is 0 Å². The van der Waals surface area contributed by atoms with E-state index in [1.54, 1.807) is 0 Å². The second kappa shape index (κ2) is 4.24. The van der Waals surface area contributed by atoms with E-state index in [2.05, 4.69) is 13.0 Å². The third kappa shape index (κ3) is 1.97. The number of hydrogen-bond donors (Lipinski definition) is 2. The summed E-state index contributed by atoms with van der Waals surface area (Å²) in [6.45, 7) is 4.23. The van der Waals surface area contributed by atoms with Crippen molar-refractivity contribution in [2.45, 2.75) is 63.4 Å². The summed E-state index contributed by atoms with van der Waals surface area (Å²) in [4.78, 5) is 0. The summed E-state index contributed by atoms with van der Waals surface area (Å²) in [5, 5.41) is 20.2. The average Bonchev–Trinajstić information content (AvgIpc) is 2.36. The third-order valence-electron chi connectivity index (χ3n) is 5.53. The minimum absolute atomic E-state index is 0.114. The van der Waals surface area contributed by atoms with Gasteiger partial charge in [0.05, 0.1) is 5.60 Å². The lowest BCUT2D eigenvalue weighted by Gasteiger charge is -2.52. The van der Waals surface area contributed by atoms with Crippen molar-refractivity contribution < 1.29 is 10.2 Å². The van der Waals surface area contributed by atoms with Crippen LogP contribution in [0.15, 0.2) is 18.2 Å². The highest BCUT2D eigenvalue weighted by atomic mass is 16.3. The van der Waals surface area contributed by atoms with E-state index in [1.165, 1.54) is 17.5 Å². The van der Waals surface area contributed by atoms with Crippen molar-refractivity contribution in [1.82, 2.24) is 0 Å². The Balaban J connectivity index is 2.11. The van der Waals surface area contributed by atoms with Crippen LogP contribution in [0.2, 0.25) is 0 Å². The van der Waals surface area contributed by atoms with Crippen molar-refractivity contribution in [3.63, 3.8) is 0 Å². The molecule has 3 atom stereocenters. The number of aryl methyl sites for hydroxylation is 1. The Hall–Kier alpha value is -1.02. The van der Waals surface area contributed by atoms with Gasteiger partial charge in [0.25, 0.3) is 0 Å². The molecular formula is C17H24O2. The fourth-order valence-electron chi connectivity index (χ4n) is 4.62. The van der Waals surface area contributed by atoms with Gasteiger partial charge < -0.3 is 10.2 Å². The molecule has 1 aromatic rings. The lowest BCUT2D eigenvalue weighted by Crippen LogP contribution is -2.49. The second-order valence-electron chi connectivity index (χ2n) is 6.80. The van der Waals surface area contributed by atoms with E-state index in [9.17, 15) is 10.2 Å². The first-order valence-electron chi connectivity index (χ1n) is 7.52. The van der Waals surface area contributed by atoms with Crippen molar-refractivity contribution in [3.8, 4) is 5.75 Å². The van der Waals surface area contributed by atoms with Crippen LogP contribution in [-0.4, -0.2) is 15.8 Å². The molecule has 0 saturated heterocycles. The minimum atomic E-state index is -0.543. The van der Waals surface area contributed by atoms with Crippen LogP contribution in [0, 0.1) is 5.92 Å². The van der Waals surface area contributed by atoms with Gasteiger partial charge in [-0.05, 0) is 74.6 Å². The van der Waals surface area contributed by atoms with E-state index in [1.807, 2.05) is 19.1 Å². The number of benzene rings is 1. The first-order valence-corrected chi connectivity index (χ1v) is 7.52. The van der Waals surface area contributed by atoms with Crippen LogP contribution in [0.4, 0.5) is 0 Å². The molecule has 0 bridgehead atoms. The Kier molecular flexibility index (Phi) is 2.90. The molecule has 2 heteroatoms. The van der Waals surface area contributed by atoms with Crippen LogP contribution < -0.4 is 0 Å². The van der Waals surface area contributed by atoms with Gasteiger partial charge in [0.15, 0.2) is 0 Å². The molecule has 0 aliphatic heterocycles. The molecule has 1 saturated carbocycles. The zero-order valence-corrected chi connectivity index (χ0v) is 11.9. The van der Waals surface area contributed by atoms with Crippen molar-refractivity contribution >= 4 is 0 Å². The Labute approximate surface area is 115 Å². The first kappa shape index (κ1) is 13.0. The maximum Gasteiger partial charge on any atom is 0.115 e. The predicted octanol–water partition coefficient (Wildman–Crippen LogP) is 3.54. The van der Waals surface area contributed by atoms with Crippen LogP contribution in [0.3, 0.4) is 0 Å². The van der Waals surface area contributed by atoms with E-state index in [-0.39, 0.29) is 5.41 Å². The lowest BCUT2D eigenvalue weighted by molar-refractivity contribution is -0.0405. The zero-order chi connectivity index (χ0) is 13.7. The molecule has 2 N–H and O–H groups in total. The van der Waals surface area contributed by atoms with E-state index in [0.717, 1.165) is 32.1 Å². The topological polar surface area (TPSA) is 40.5 Å². The van der Waals surface area contributed by atoms with Crippen LogP contribution in [0.5, 0.6) is 5.75 Å². The Morgan fingerprint density at radius 1 is 1.32 bits per heavy atom. The summed E-state index contributed by atoms with van der Waals surface area (Å²) < 4.78 is 0. The number of rotatable bonds is 1. The maximum absolute atomic E-state index is 10.5. The number of aliphatic hydroxyl groups is 1. The monoisotopic (exact) mass is 260 g/mol. The highest BCUT2D eigenvalue weighted by Gasteiger charge is 2.49. The van der Waals surface area contributed by atoms with Crippen LogP contribution in [-0.2, 0) is 11.8 Å². The van der Waals surface area contributed by atoms with E-state index in [0.29, 0.717) is 11.7 Å². The van der Waals surface area contributed by atoms with Gasteiger partial charge in [-0.15, -0.1) is 0 Å². The van der Waals surface area contributed by atoms with Gasteiger partial charge in [0, 0.05) is 5.41 Å². The number of phenolic OH excluding ortho intramolecular Hbond substituents is 1. The molecule has 1 fully saturated rings. The van der Waals surface area contributed by atoms with E-state index < -0.39 is 5.60 Å². The van der Waals surface area contributed by atoms with Gasteiger partial charge in [-0.2, -0.15) is 0 Å². The van der Waals surface area contributed by atoms with Crippen LogP contribution in [0.1, 0.15) is 57.1 Å². The molecule has 2 aliphatic carbocycles. The highest BCUT2D eigenvalue weighted by molar-refractivity contribution is 5.43. The van der Waals surface area contributed by atoms with Gasteiger partial charge in [-0.3, -0.25) is 0 Å². The quantitative estimate of drug-likeness (QED) is 0.811. The fraction of sp³-hybridized carbons (Fsp3) is 0.647. The summed E-state index contributed by atoms with van der Waals surface area (Å²) in [7, 11) is 0. The summed E-state index contributed by atoms with van der Waals surface area (Å²) in [5.41, 5.74) is 2.24. The van der Waals surface area contributed by atoms with Crippen LogP contribution >= 0.6 is 0 Å². The Morgan fingerprint density at radius 2 is 2.11 bits per heavy atom. The normalized spacial score (nSPS) is 37.5. The summed E-state index contributed by atoms with van der Waals surface area (Å²) >= 11 is 0. The van der Waals surface area contributed by atoms with Gasteiger partial charge in [-0.25, -0.2) is 0 Å². The second-order valence-corrected chi connectivity index (χ2v) is 6.80. The van der Waals surface area contributed by atoms with E-state index >= 15 is 0 Å².